The van der Waals surface area contributed by atoms with Crippen LogP contribution in [0.1, 0.15) is 6.92 Å². The molecule has 0 radical (unpaired) electrons. The molecule has 9 heteroatoms. The van der Waals surface area contributed by atoms with Gasteiger partial charge in [-0.1, -0.05) is 0 Å². The summed E-state index contributed by atoms with van der Waals surface area (Å²) in [6, 6.07) is 8.89. The first-order valence-corrected chi connectivity index (χ1v) is 7.47. The van der Waals surface area contributed by atoms with E-state index in [2.05, 4.69) is 5.32 Å². The number of carbonyl (C=O) groups excluding carboxylic acids is 2. The van der Waals surface area contributed by atoms with Crippen molar-refractivity contribution < 1.29 is 22.8 Å². The zero-order valence-electron chi connectivity index (χ0n) is 14.0. The van der Waals surface area contributed by atoms with E-state index in [9.17, 15) is 28.0 Å². The Kier molecular flexibility index (Phi) is 5.82. The number of nitrogens with one attached hydrogen (secondary N) is 1. The number of anilines is 3. The van der Waals surface area contributed by atoms with Crippen LogP contribution in [0.25, 0.3) is 0 Å². The minimum absolute atomic E-state index is 0.168. The van der Waals surface area contributed by atoms with Crippen molar-refractivity contribution in [2.45, 2.75) is 6.92 Å². The molecule has 138 valence electrons. The lowest BCUT2D eigenvalue weighted by atomic mass is 10.2. The second-order valence-corrected chi connectivity index (χ2v) is 5.29. The van der Waals surface area contributed by atoms with Gasteiger partial charge in [0.1, 0.15) is 11.6 Å². The number of halogens is 3. The molecule has 0 aliphatic rings. The van der Waals surface area contributed by atoms with Crippen LogP contribution in [0, 0.1) is 28.8 Å². The molecule has 0 saturated carbocycles. The lowest BCUT2D eigenvalue weighted by molar-refractivity contribution is -0.123. The van der Waals surface area contributed by atoms with E-state index >= 15 is 0 Å². The van der Waals surface area contributed by atoms with E-state index in [1.54, 1.807) is 6.07 Å². The molecule has 0 heterocycles. The summed E-state index contributed by atoms with van der Waals surface area (Å²) in [7, 11) is 0. The third-order valence-corrected chi connectivity index (χ3v) is 3.43. The summed E-state index contributed by atoms with van der Waals surface area (Å²) in [4.78, 5) is 25.1. The predicted octanol–water partition coefficient (Wildman–Crippen LogP) is 3.09. The molecule has 3 N–H and O–H groups in total. The second-order valence-electron chi connectivity index (χ2n) is 5.29. The van der Waals surface area contributed by atoms with Gasteiger partial charge in [-0.2, -0.15) is 5.26 Å². The maximum Gasteiger partial charge on any atom is 0.277 e. The Morgan fingerprint density at radius 3 is 2.30 bits per heavy atom. The van der Waals surface area contributed by atoms with Crippen molar-refractivity contribution in [1.82, 2.24) is 0 Å². The molecular formula is C18H13F3N4O2. The third-order valence-electron chi connectivity index (χ3n) is 3.43. The molecule has 2 aromatic rings. The van der Waals surface area contributed by atoms with Crippen LogP contribution in [0.3, 0.4) is 0 Å². The number of nitrogens with two attached hydrogens (primary N) is 1. The lowest BCUT2D eigenvalue weighted by Gasteiger charge is -2.19. The van der Waals surface area contributed by atoms with Crippen molar-refractivity contribution in [2.75, 3.05) is 16.0 Å². The summed E-state index contributed by atoms with van der Waals surface area (Å²) < 4.78 is 39.8. The first-order chi connectivity index (χ1) is 12.8. The smallest absolute Gasteiger partial charge is 0.277 e. The predicted molar refractivity (Wildman–Crippen MR) is 92.7 cm³/mol. The Balaban J connectivity index is 2.34. The monoisotopic (exact) mass is 374 g/mol. The Morgan fingerprint density at radius 2 is 1.74 bits per heavy atom. The van der Waals surface area contributed by atoms with Gasteiger partial charge in [-0.05, 0) is 36.4 Å². The van der Waals surface area contributed by atoms with Gasteiger partial charge >= 0.3 is 0 Å². The highest BCUT2D eigenvalue weighted by molar-refractivity contribution is 6.21. The number of benzene rings is 2. The van der Waals surface area contributed by atoms with Gasteiger partial charge in [-0.15, -0.1) is 0 Å². The Hall–Kier alpha value is -3.80. The highest BCUT2D eigenvalue weighted by atomic mass is 19.2. The normalized spacial score (nSPS) is 10.9. The fourth-order valence-electron chi connectivity index (χ4n) is 2.12. The summed E-state index contributed by atoms with van der Waals surface area (Å²) in [5, 5.41) is 11.4. The SMILES string of the molecule is CC(=O)N(C(=O)/C(C#N)=C\Nc1ccc(F)c(F)c1F)c1ccc(N)cc1. The summed E-state index contributed by atoms with van der Waals surface area (Å²) in [5.74, 6) is -6.27. The van der Waals surface area contributed by atoms with Crippen molar-refractivity contribution in [3.8, 4) is 6.07 Å². The number of nitrogens with zero attached hydrogens (tertiary/aromatic N) is 2. The fraction of sp³-hybridized carbons (Fsp3) is 0.0556. The average Bonchev–Trinajstić information content (AvgIpc) is 2.63. The zero-order valence-corrected chi connectivity index (χ0v) is 14.0. The topological polar surface area (TPSA) is 99.2 Å². The van der Waals surface area contributed by atoms with Crippen molar-refractivity contribution >= 4 is 28.9 Å². The molecule has 0 aromatic heterocycles. The van der Waals surface area contributed by atoms with Gasteiger partial charge in [-0.3, -0.25) is 9.59 Å². The summed E-state index contributed by atoms with van der Waals surface area (Å²) >= 11 is 0. The van der Waals surface area contributed by atoms with Crippen LogP contribution >= 0.6 is 0 Å². The molecule has 0 aliphatic heterocycles. The van der Waals surface area contributed by atoms with E-state index < -0.39 is 40.5 Å². The molecular weight excluding hydrogens is 361 g/mol. The van der Waals surface area contributed by atoms with E-state index in [-0.39, 0.29) is 5.69 Å². The van der Waals surface area contributed by atoms with Gasteiger partial charge in [0.2, 0.25) is 5.91 Å². The molecule has 0 fully saturated rings. The quantitative estimate of drug-likeness (QED) is 0.371. The molecule has 2 aromatic carbocycles. The fourth-order valence-corrected chi connectivity index (χ4v) is 2.12. The molecule has 0 saturated heterocycles. The van der Waals surface area contributed by atoms with Crippen molar-refractivity contribution in [3.05, 3.63) is 65.6 Å². The third kappa shape index (κ3) is 4.24. The van der Waals surface area contributed by atoms with E-state index in [0.29, 0.717) is 11.8 Å². The molecule has 0 atom stereocenters. The number of rotatable bonds is 4. The minimum Gasteiger partial charge on any atom is -0.399 e. The van der Waals surface area contributed by atoms with Crippen LogP contribution in [0.4, 0.5) is 30.2 Å². The molecule has 27 heavy (non-hydrogen) atoms. The van der Waals surface area contributed by atoms with Gasteiger partial charge in [0.05, 0.1) is 11.4 Å². The molecule has 0 spiro atoms. The zero-order chi connectivity index (χ0) is 20.1. The summed E-state index contributed by atoms with van der Waals surface area (Å²) in [5.41, 5.74) is 5.08. The maximum absolute atomic E-state index is 13.7. The van der Waals surface area contributed by atoms with E-state index in [1.807, 2.05) is 0 Å². The van der Waals surface area contributed by atoms with Gasteiger partial charge in [0, 0.05) is 18.8 Å². The molecule has 0 unspecified atom stereocenters. The van der Waals surface area contributed by atoms with Crippen LogP contribution in [0.2, 0.25) is 0 Å². The number of nitrogen functional groups attached to an aromatic ring is 1. The number of hydrogen-bond donors (Lipinski definition) is 2. The number of amides is 2. The van der Waals surface area contributed by atoms with Crippen LogP contribution in [-0.2, 0) is 9.59 Å². The number of hydrogen-bond acceptors (Lipinski definition) is 5. The standard InChI is InChI=1S/C18H13F3N4O2/c1-10(26)25(13-4-2-12(23)3-5-13)18(27)11(8-22)9-24-15-7-6-14(19)16(20)17(15)21/h2-7,9,24H,23H2,1H3/b11-9-. The van der Waals surface area contributed by atoms with Gasteiger partial charge in [-0.25, -0.2) is 18.1 Å². The van der Waals surface area contributed by atoms with Crippen molar-refractivity contribution in [1.29, 1.82) is 5.26 Å². The van der Waals surface area contributed by atoms with Crippen LogP contribution in [0.15, 0.2) is 48.2 Å². The Bertz CT molecular complexity index is 966. The number of imide groups is 1. The number of carbonyl (C=O) groups is 2. The summed E-state index contributed by atoms with van der Waals surface area (Å²) in [6.07, 6.45) is 0.797. The first-order valence-electron chi connectivity index (χ1n) is 7.47. The van der Waals surface area contributed by atoms with Crippen molar-refractivity contribution in [3.63, 3.8) is 0 Å². The maximum atomic E-state index is 13.7. The van der Waals surface area contributed by atoms with Crippen LogP contribution < -0.4 is 16.0 Å². The minimum atomic E-state index is -1.70. The molecule has 2 rings (SSSR count). The molecule has 0 bridgehead atoms. The largest absolute Gasteiger partial charge is 0.399 e. The highest BCUT2D eigenvalue weighted by Gasteiger charge is 2.24. The number of nitriles is 1. The van der Waals surface area contributed by atoms with Gasteiger partial charge in [0.25, 0.3) is 5.91 Å². The Morgan fingerprint density at radius 1 is 1.11 bits per heavy atom. The van der Waals surface area contributed by atoms with Gasteiger partial charge < -0.3 is 11.1 Å². The van der Waals surface area contributed by atoms with Crippen LogP contribution in [-0.4, -0.2) is 11.8 Å². The van der Waals surface area contributed by atoms with E-state index in [0.717, 1.165) is 24.1 Å². The van der Waals surface area contributed by atoms with E-state index in [4.69, 9.17) is 5.73 Å². The Labute approximate surface area is 152 Å². The molecule has 2 amide bonds. The average molecular weight is 374 g/mol. The highest BCUT2D eigenvalue weighted by Crippen LogP contribution is 2.21. The second kappa shape index (κ2) is 8.05. The van der Waals surface area contributed by atoms with Gasteiger partial charge in [0.15, 0.2) is 17.5 Å². The molecule has 0 aliphatic carbocycles. The lowest BCUT2D eigenvalue weighted by Crippen LogP contribution is -2.36. The van der Waals surface area contributed by atoms with E-state index in [1.165, 1.54) is 24.3 Å². The van der Waals surface area contributed by atoms with Crippen LogP contribution in [0.5, 0.6) is 0 Å². The van der Waals surface area contributed by atoms with Crippen molar-refractivity contribution in [2.24, 2.45) is 0 Å². The first kappa shape index (κ1) is 19.5. The molecule has 6 nitrogen and oxygen atoms in total. The summed E-state index contributed by atoms with van der Waals surface area (Å²) in [6.45, 7) is 1.12.